The van der Waals surface area contributed by atoms with Crippen LogP contribution in [0.15, 0.2) is 90.8 Å². The minimum atomic E-state index is -0.221. The third kappa shape index (κ3) is 3.29. The molecule has 0 fully saturated rings. The molecule has 4 nitrogen and oxygen atoms in total. The van der Waals surface area contributed by atoms with E-state index in [9.17, 15) is 9.90 Å². The number of hydrogen-bond donors (Lipinski definition) is 0. The summed E-state index contributed by atoms with van der Waals surface area (Å²) in [6, 6.07) is 25.3. The first-order valence-electron chi connectivity index (χ1n) is 9.49. The highest BCUT2D eigenvalue weighted by Crippen LogP contribution is 2.27. The van der Waals surface area contributed by atoms with Gasteiger partial charge in [-0.05, 0) is 42.9 Å². The maximum atomic E-state index is 13.4. The van der Waals surface area contributed by atoms with Crippen LogP contribution in [0.3, 0.4) is 0 Å². The molecule has 0 radical (unpaired) electrons. The van der Waals surface area contributed by atoms with E-state index < -0.39 is 0 Å². The van der Waals surface area contributed by atoms with Crippen molar-refractivity contribution in [2.24, 2.45) is 0 Å². The Labute approximate surface area is 165 Å². The van der Waals surface area contributed by atoms with Crippen molar-refractivity contribution in [3.05, 3.63) is 96.4 Å². The Morgan fingerprint density at radius 3 is 2.29 bits per heavy atom. The zero-order valence-electron chi connectivity index (χ0n) is 15.8. The van der Waals surface area contributed by atoms with E-state index in [0.717, 1.165) is 16.8 Å². The predicted molar refractivity (Wildman–Crippen MR) is 106 cm³/mol. The lowest BCUT2D eigenvalue weighted by Crippen LogP contribution is -2.50. The Balaban J connectivity index is 1.75. The summed E-state index contributed by atoms with van der Waals surface area (Å²) in [5, 5.41) is 12.8. The molecule has 1 aliphatic rings. The number of amides is 1. The molecular weight excluding hydrogens is 348 g/mol. The van der Waals surface area contributed by atoms with Gasteiger partial charge in [0.05, 0.1) is 6.04 Å². The summed E-state index contributed by atoms with van der Waals surface area (Å²) in [6.07, 6.45) is 2.12. The maximum Gasteiger partial charge on any atom is 0.318 e. The predicted octanol–water partition coefficient (Wildman–Crippen LogP) is 3.16. The van der Waals surface area contributed by atoms with E-state index in [-0.39, 0.29) is 23.4 Å². The Kier molecular flexibility index (Phi) is 4.94. The largest absolute Gasteiger partial charge is 0.871 e. The van der Waals surface area contributed by atoms with Gasteiger partial charge in [0, 0.05) is 24.2 Å². The molecule has 0 N–H and O–H groups in total. The van der Waals surface area contributed by atoms with Gasteiger partial charge in [-0.25, -0.2) is 0 Å². The molecule has 2 heterocycles. The highest BCUT2D eigenvalue weighted by atomic mass is 16.3. The van der Waals surface area contributed by atoms with Crippen molar-refractivity contribution in [1.29, 1.82) is 0 Å². The summed E-state index contributed by atoms with van der Waals surface area (Å²) in [5.41, 5.74) is 3.07. The number of pyridine rings is 1. The minimum absolute atomic E-state index is 0.0960. The van der Waals surface area contributed by atoms with Crippen molar-refractivity contribution >= 4 is 11.6 Å². The van der Waals surface area contributed by atoms with E-state index in [1.165, 1.54) is 0 Å². The number of rotatable bonds is 4. The molecule has 1 atom stereocenters. The monoisotopic (exact) mass is 370 g/mol. The zero-order chi connectivity index (χ0) is 19.5. The number of hydrogen-bond acceptors (Lipinski definition) is 2. The molecule has 0 saturated heterocycles. The molecule has 2 aromatic carbocycles. The summed E-state index contributed by atoms with van der Waals surface area (Å²) in [7, 11) is 0. The average Bonchev–Trinajstić information content (AvgIpc) is 2.75. The second kappa shape index (κ2) is 7.69. The van der Waals surface area contributed by atoms with E-state index in [0.29, 0.717) is 13.0 Å². The molecule has 140 valence electrons. The van der Waals surface area contributed by atoms with Gasteiger partial charge in [0.15, 0.2) is 6.20 Å². The van der Waals surface area contributed by atoms with Crippen LogP contribution in [-0.2, 0) is 4.79 Å². The van der Waals surface area contributed by atoms with Crippen molar-refractivity contribution in [3.8, 4) is 11.3 Å². The van der Waals surface area contributed by atoms with Gasteiger partial charge in [0.2, 0.25) is 5.69 Å². The molecule has 0 unspecified atom stereocenters. The second-order valence-electron chi connectivity index (χ2n) is 6.93. The van der Waals surface area contributed by atoms with Crippen LogP contribution in [0.5, 0.6) is 0 Å². The lowest BCUT2D eigenvalue weighted by atomic mass is 10.0. The van der Waals surface area contributed by atoms with Gasteiger partial charge in [-0.1, -0.05) is 48.5 Å². The van der Waals surface area contributed by atoms with Crippen molar-refractivity contribution in [3.63, 3.8) is 0 Å². The highest BCUT2D eigenvalue weighted by molar-refractivity contribution is 6.11. The first-order chi connectivity index (χ1) is 13.7. The quantitative estimate of drug-likeness (QED) is 0.663. The smallest absolute Gasteiger partial charge is 0.318 e. The first-order valence-corrected chi connectivity index (χ1v) is 9.49. The van der Waals surface area contributed by atoms with Crippen LogP contribution in [0.4, 0.5) is 0 Å². The van der Waals surface area contributed by atoms with Gasteiger partial charge in [-0.3, -0.25) is 4.79 Å². The molecule has 0 bridgehead atoms. The van der Waals surface area contributed by atoms with Crippen LogP contribution in [0.25, 0.3) is 17.0 Å². The number of aromatic nitrogens is 1. The van der Waals surface area contributed by atoms with Crippen LogP contribution < -0.4 is 9.67 Å². The summed E-state index contributed by atoms with van der Waals surface area (Å²) >= 11 is 0. The summed E-state index contributed by atoms with van der Waals surface area (Å²) in [4.78, 5) is 15.2. The van der Waals surface area contributed by atoms with E-state index in [4.69, 9.17) is 0 Å². The Morgan fingerprint density at radius 1 is 0.929 bits per heavy atom. The van der Waals surface area contributed by atoms with E-state index >= 15 is 0 Å². The molecular formula is C24H22N2O2. The van der Waals surface area contributed by atoms with E-state index in [1.807, 2.05) is 85.8 Å². The van der Waals surface area contributed by atoms with Crippen LogP contribution in [0.2, 0.25) is 0 Å². The van der Waals surface area contributed by atoms with Crippen molar-refractivity contribution in [1.82, 2.24) is 4.90 Å². The van der Waals surface area contributed by atoms with Crippen LogP contribution in [0, 0.1) is 0 Å². The summed E-state index contributed by atoms with van der Waals surface area (Å²) in [5.74, 6) is -0.337. The normalized spacial score (nSPS) is 15.6. The molecule has 0 spiro atoms. The zero-order valence-corrected chi connectivity index (χ0v) is 15.8. The summed E-state index contributed by atoms with van der Waals surface area (Å²) < 4.78 is 1.74. The molecule has 4 rings (SSSR count). The molecule has 0 aliphatic carbocycles. The SMILES string of the molecule is C[C@@H](c1ccccc1)N1CCC([O-])=C([n+]2ccccc2-c2ccccc2)C1=O. The molecule has 28 heavy (non-hydrogen) atoms. The Morgan fingerprint density at radius 2 is 1.57 bits per heavy atom. The third-order valence-corrected chi connectivity index (χ3v) is 5.23. The second-order valence-corrected chi connectivity index (χ2v) is 6.93. The number of carbonyl (C=O) groups is 1. The van der Waals surface area contributed by atoms with Crippen molar-refractivity contribution in [2.75, 3.05) is 6.54 Å². The number of carbonyl (C=O) groups excluding carboxylic acids is 1. The fraction of sp³-hybridized carbons (Fsp3) is 0.167. The maximum absolute atomic E-state index is 13.4. The molecule has 3 aromatic rings. The lowest BCUT2D eigenvalue weighted by Gasteiger charge is -2.34. The standard InChI is InChI=1S/C24H22N2O2/c1-18(19-10-4-2-5-11-19)25-17-15-22(27)23(24(25)28)26-16-9-8-14-21(26)20-12-6-3-7-13-20/h2-14,16,18H,15,17H2,1H3/t18-/m0/s1. The molecule has 1 amide bonds. The molecule has 1 aliphatic heterocycles. The van der Waals surface area contributed by atoms with Gasteiger partial charge in [0.1, 0.15) is 0 Å². The molecule has 4 heteroatoms. The van der Waals surface area contributed by atoms with Gasteiger partial charge < -0.3 is 10.0 Å². The van der Waals surface area contributed by atoms with Crippen LogP contribution in [0.1, 0.15) is 24.9 Å². The van der Waals surface area contributed by atoms with E-state index in [1.54, 1.807) is 15.7 Å². The van der Waals surface area contributed by atoms with Crippen molar-refractivity contribution in [2.45, 2.75) is 19.4 Å². The Hall–Kier alpha value is -3.40. The fourth-order valence-electron chi connectivity index (χ4n) is 3.70. The molecule has 0 saturated carbocycles. The number of benzene rings is 2. The van der Waals surface area contributed by atoms with Crippen LogP contribution >= 0.6 is 0 Å². The van der Waals surface area contributed by atoms with Gasteiger partial charge in [-0.2, -0.15) is 4.57 Å². The minimum Gasteiger partial charge on any atom is -0.871 e. The van der Waals surface area contributed by atoms with Gasteiger partial charge >= 0.3 is 5.91 Å². The van der Waals surface area contributed by atoms with E-state index in [2.05, 4.69) is 0 Å². The van der Waals surface area contributed by atoms with Gasteiger partial charge in [0.25, 0.3) is 5.70 Å². The first kappa shape index (κ1) is 18.0. The fourth-order valence-corrected chi connectivity index (χ4v) is 3.70. The molecule has 1 aromatic heterocycles. The highest BCUT2D eigenvalue weighted by Gasteiger charge is 2.35. The lowest BCUT2D eigenvalue weighted by molar-refractivity contribution is -0.572. The summed E-state index contributed by atoms with van der Waals surface area (Å²) in [6.45, 7) is 2.44. The van der Waals surface area contributed by atoms with Crippen LogP contribution in [-0.4, -0.2) is 17.4 Å². The average molecular weight is 370 g/mol. The third-order valence-electron chi connectivity index (χ3n) is 5.23. The number of nitrogens with zero attached hydrogens (tertiary/aromatic N) is 2. The Bertz CT molecular complexity index is 1010. The van der Waals surface area contributed by atoms with Gasteiger partial charge in [-0.15, -0.1) is 0 Å². The topological polar surface area (TPSA) is 47.2 Å². The van der Waals surface area contributed by atoms with Crippen molar-refractivity contribution < 1.29 is 14.5 Å².